The summed E-state index contributed by atoms with van der Waals surface area (Å²) in [5.74, 6) is 0.393. The molecule has 2 aliphatic carbocycles. The molecule has 0 bridgehead atoms. The van der Waals surface area contributed by atoms with Gasteiger partial charge in [-0.25, -0.2) is 4.79 Å². The van der Waals surface area contributed by atoms with Gasteiger partial charge in [-0.05, 0) is 44.9 Å². The van der Waals surface area contributed by atoms with E-state index in [0.717, 1.165) is 62.3 Å². The summed E-state index contributed by atoms with van der Waals surface area (Å²) in [5, 5.41) is 3.86. The number of rotatable bonds is 6. The van der Waals surface area contributed by atoms with Crippen LogP contribution in [0.5, 0.6) is 0 Å². The van der Waals surface area contributed by atoms with Gasteiger partial charge in [-0.3, -0.25) is 9.36 Å². The van der Waals surface area contributed by atoms with Crippen LogP contribution in [-0.2, 0) is 28.9 Å². The second-order valence-corrected chi connectivity index (χ2v) is 8.53. The van der Waals surface area contributed by atoms with Crippen molar-refractivity contribution in [1.82, 2.24) is 14.9 Å². The molecule has 0 radical (unpaired) electrons. The third kappa shape index (κ3) is 3.98. The van der Waals surface area contributed by atoms with Gasteiger partial charge in [0, 0.05) is 23.9 Å². The molecule has 26 heavy (non-hydrogen) atoms. The maximum atomic E-state index is 12.6. The van der Waals surface area contributed by atoms with Gasteiger partial charge in [0.05, 0.1) is 18.4 Å². The largest absolute Gasteiger partial charge is 0.376 e. The number of aromatic nitrogens is 2. The summed E-state index contributed by atoms with van der Waals surface area (Å²) in [6, 6.07) is 0.334. The maximum Gasteiger partial charge on any atom is 0.348 e. The first kappa shape index (κ1) is 18.0. The first-order chi connectivity index (χ1) is 12.7. The molecular weight excluding hydrogens is 350 g/mol. The molecular formula is C19H27N3O3S. The first-order valence-electron chi connectivity index (χ1n) is 9.87. The van der Waals surface area contributed by atoms with E-state index in [0.29, 0.717) is 18.3 Å². The molecule has 1 aromatic heterocycles. The zero-order chi connectivity index (χ0) is 17.9. The molecule has 6 nitrogen and oxygen atoms in total. The predicted molar refractivity (Wildman–Crippen MR) is 101 cm³/mol. The van der Waals surface area contributed by atoms with Crippen molar-refractivity contribution >= 4 is 17.7 Å². The summed E-state index contributed by atoms with van der Waals surface area (Å²) in [7, 11) is 0. The molecule has 1 aliphatic heterocycles. The number of hydrogen-bond donors (Lipinski definition) is 1. The molecule has 2 heterocycles. The fourth-order valence-electron chi connectivity index (χ4n) is 4.36. The lowest BCUT2D eigenvalue weighted by Crippen LogP contribution is -2.34. The number of fused-ring (bicyclic) bond motifs is 1. The van der Waals surface area contributed by atoms with Crippen molar-refractivity contribution in [3.05, 3.63) is 21.7 Å². The normalized spacial score (nSPS) is 22.7. The number of nitrogens with zero attached hydrogens (tertiary/aromatic N) is 2. The van der Waals surface area contributed by atoms with Gasteiger partial charge in [-0.15, -0.1) is 0 Å². The Hall–Kier alpha value is -1.34. The SMILES string of the molecule is O=C(CSc1nc(=O)n(C[C@@H]2CCCO2)c2c1CCC2)NC1CCCC1. The van der Waals surface area contributed by atoms with Crippen LogP contribution < -0.4 is 11.0 Å². The minimum absolute atomic E-state index is 0.0546. The van der Waals surface area contributed by atoms with E-state index in [2.05, 4.69) is 10.3 Å². The Morgan fingerprint density at radius 3 is 2.81 bits per heavy atom. The fraction of sp³-hybridized carbons (Fsp3) is 0.737. The minimum Gasteiger partial charge on any atom is -0.376 e. The van der Waals surface area contributed by atoms with Crippen LogP contribution in [0.4, 0.5) is 0 Å². The summed E-state index contributed by atoms with van der Waals surface area (Å²) in [6.07, 6.45) is 9.71. The Kier molecular flexibility index (Phi) is 5.64. The second-order valence-electron chi connectivity index (χ2n) is 7.56. The van der Waals surface area contributed by atoms with Gasteiger partial charge in [-0.2, -0.15) is 4.98 Å². The highest BCUT2D eigenvalue weighted by molar-refractivity contribution is 7.99. The van der Waals surface area contributed by atoms with Crippen molar-refractivity contribution in [3.63, 3.8) is 0 Å². The topological polar surface area (TPSA) is 73.2 Å². The molecule has 0 spiro atoms. The number of ether oxygens (including phenoxy) is 1. The molecule has 4 rings (SSSR count). The average Bonchev–Trinajstić information content (AvgIpc) is 3.37. The maximum absolute atomic E-state index is 12.6. The lowest BCUT2D eigenvalue weighted by molar-refractivity contribution is -0.119. The molecule has 1 atom stereocenters. The molecule has 142 valence electrons. The minimum atomic E-state index is -0.195. The number of amides is 1. The van der Waals surface area contributed by atoms with Crippen molar-refractivity contribution < 1.29 is 9.53 Å². The molecule has 1 N–H and O–H groups in total. The number of thioether (sulfide) groups is 1. The Morgan fingerprint density at radius 2 is 2.04 bits per heavy atom. The smallest absolute Gasteiger partial charge is 0.348 e. The second kappa shape index (κ2) is 8.13. The molecule has 7 heteroatoms. The van der Waals surface area contributed by atoms with Crippen molar-refractivity contribution in [2.45, 2.75) is 81.5 Å². The van der Waals surface area contributed by atoms with E-state index in [1.807, 2.05) is 4.57 Å². The van der Waals surface area contributed by atoms with Crippen LogP contribution in [0.1, 0.15) is 56.2 Å². The van der Waals surface area contributed by atoms with Crippen LogP contribution in [0.25, 0.3) is 0 Å². The van der Waals surface area contributed by atoms with Crippen molar-refractivity contribution in [2.24, 2.45) is 0 Å². The summed E-state index contributed by atoms with van der Waals surface area (Å²) in [6.45, 7) is 1.40. The quantitative estimate of drug-likeness (QED) is 0.607. The van der Waals surface area contributed by atoms with Crippen LogP contribution >= 0.6 is 11.8 Å². The van der Waals surface area contributed by atoms with E-state index < -0.39 is 0 Å². The van der Waals surface area contributed by atoms with E-state index in [9.17, 15) is 9.59 Å². The Bertz CT molecular complexity index is 721. The van der Waals surface area contributed by atoms with Crippen LogP contribution in [-0.4, -0.2) is 40.0 Å². The lowest BCUT2D eigenvalue weighted by atomic mass is 10.2. The highest BCUT2D eigenvalue weighted by atomic mass is 32.2. The van der Waals surface area contributed by atoms with Gasteiger partial charge in [0.1, 0.15) is 5.03 Å². The third-order valence-electron chi connectivity index (χ3n) is 5.67. The Morgan fingerprint density at radius 1 is 1.19 bits per heavy atom. The molecule has 2 fully saturated rings. The monoisotopic (exact) mass is 377 g/mol. The lowest BCUT2D eigenvalue weighted by Gasteiger charge is -2.17. The standard InChI is InChI=1S/C19H27N3O3S/c23-17(20-13-5-1-2-6-13)12-26-18-15-8-3-9-16(15)22(19(24)21-18)11-14-7-4-10-25-14/h13-14H,1-12H2,(H,20,23)/t14-/m0/s1. The zero-order valence-corrected chi connectivity index (χ0v) is 16.0. The number of carbonyl (C=O) groups excluding carboxylic acids is 1. The number of carbonyl (C=O) groups is 1. The molecule has 0 unspecified atom stereocenters. The molecule has 0 aromatic carbocycles. The first-order valence-corrected chi connectivity index (χ1v) is 10.9. The van der Waals surface area contributed by atoms with Gasteiger partial charge in [0.15, 0.2) is 0 Å². The van der Waals surface area contributed by atoms with E-state index in [-0.39, 0.29) is 17.7 Å². The molecule has 1 amide bonds. The van der Waals surface area contributed by atoms with Crippen molar-refractivity contribution in [3.8, 4) is 0 Å². The van der Waals surface area contributed by atoms with Gasteiger partial charge in [0.2, 0.25) is 5.91 Å². The van der Waals surface area contributed by atoms with Gasteiger partial charge in [0.25, 0.3) is 0 Å². The van der Waals surface area contributed by atoms with Gasteiger partial charge < -0.3 is 10.1 Å². The van der Waals surface area contributed by atoms with E-state index in [1.165, 1.54) is 30.2 Å². The molecule has 1 saturated heterocycles. The zero-order valence-electron chi connectivity index (χ0n) is 15.2. The number of nitrogens with one attached hydrogen (secondary N) is 1. The van der Waals surface area contributed by atoms with Gasteiger partial charge in [-0.1, -0.05) is 24.6 Å². The van der Waals surface area contributed by atoms with E-state index in [4.69, 9.17) is 4.74 Å². The summed E-state index contributed by atoms with van der Waals surface area (Å²) >= 11 is 1.42. The summed E-state index contributed by atoms with van der Waals surface area (Å²) < 4.78 is 7.52. The number of hydrogen-bond acceptors (Lipinski definition) is 5. The fourth-order valence-corrected chi connectivity index (χ4v) is 5.25. The van der Waals surface area contributed by atoms with Crippen LogP contribution in [0, 0.1) is 0 Å². The predicted octanol–water partition coefficient (Wildman–Crippen LogP) is 2.06. The van der Waals surface area contributed by atoms with Crippen LogP contribution in [0.3, 0.4) is 0 Å². The molecule has 1 saturated carbocycles. The average molecular weight is 378 g/mol. The van der Waals surface area contributed by atoms with Crippen molar-refractivity contribution in [1.29, 1.82) is 0 Å². The molecule has 1 aromatic rings. The van der Waals surface area contributed by atoms with E-state index in [1.54, 1.807) is 0 Å². The van der Waals surface area contributed by atoms with E-state index >= 15 is 0 Å². The van der Waals surface area contributed by atoms with Gasteiger partial charge >= 0.3 is 5.69 Å². The van der Waals surface area contributed by atoms with Crippen LogP contribution in [0.2, 0.25) is 0 Å². The molecule has 3 aliphatic rings. The Labute approximate surface area is 158 Å². The highest BCUT2D eigenvalue weighted by Crippen LogP contribution is 2.30. The summed E-state index contributed by atoms with van der Waals surface area (Å²) in [4.78, 5) is 29.1. The van der Waals surface area contributed by atoms with Crippen molar-refractivity contribution in [2.75, 3.05) is 12.4 Å². The summed E-state index contributed by atoms with van der Waals surface area (Å²) in [5.41, 5.74) is 2.08. The van der Waals surface area contributed by atoms with Crippen LogP contribution in [0.15, 0.2) is 9.82 Å². The third-order valence-corrected chi connectivity index (χ3v) is 6.69. The Balaban J connectivity index is 1.45. The highest BCUT2D eigenvalue weighted by Gasteiger charge is 2.25.